The number of hydrogen-bond donors (Lipinski definition) is 0. The molecule has 8 nitrogen and oxygen atoms in total. The van der Waals surface area contributed by atoms with E-state index in [-0.39, 0.29) is 27.3 Å². The summed E-state index contributed by atoms with van der Waals surface area (Å²) in [6, 6.07) is 23.3. The number of non-ortho nitro benzene ring substituents is 1. The molecular weight excluding hydrogens is 492 g/mol. The lowest BCUT2D eigenvalue weighted by molar-refractivity contribution is -0.384. The summed E-state index contributed by atoms with van der Waals surface area (Å²) in [4.78, 5) is 37.9. The molecule has 0 aromatic heterocycles. The third kappa shape index (κ3) is 5.17. The van der Waals surface area contributed by atoms with Crippen LogP contribution in [0.1, 0.15) is 37.4 Å². The summed E-state index contributed by atoms with van der Waals surface area (Å²) < 4.78 is 28.4. The SMILES string of the molecule is Cc1ccc(C(=O)N(c2ccc([N+](=O)[O-])cc2C(=O)c2ccccc2)S(=O)(=O)c2ccc(C)cc2)cc1. The molecule has 0 N–H and O–H groups in total. The van der Waals surface area contributed by atoms with Gasteiger partial charge in [-0.3, -0.25) is 19.7 Å². The Morgan fingerprint density at radius 1 is 0.757 bits per heavy atom. The van der Waals surface area contributed by atoms with E-state index in [2.05, 4.69) is 0 Å². The van der Waals surface area contributed by atoms with Gasteiger partial charge in [-0.25, -0.2) is 8.42 Å². The largest absolute Gasteiger partial charge is 0.289 e. The van der Waals surface area contributed by atoms with Gasteiger partial charge in [0.05, 0.1) is 21.1 Å². The van der Waals surface area contributed by atoms with Gasteiger partial charge in [0.2, 0.25) is 0 Å². The lowest BCUT2D eigenvalue weighted by atomic mass is 10.0. The van der Waals surface area contributed by atoms with E-state index < -0.39 is 32.3 Å². The minimum Gasteiger partial charge on any atom is -0.289 e. The molecule has 0 unspecified atom stereocenters. The monoisotopic (exact) mass is 514 g/mol. The molecule has 0 saturated heterocycles. The molecule has 9 heteroatoms. The number of carbonyl (C=O) groups excluding carboxylic acids is 2. The average Bonchev–Trinajstić information content (AvgIpc) is 2.89. The number of ketones is 1. The molecule has 186 valence electrons. The lowest BCUT2D eigenvalue weighted by Crippen LogP contribution is -2.38. The van der Waals surface area contributed by atoms with Crippen molar-refractivity contribution in [2.24, 2.45) is 0 Å². The number of aryl methyl sites for hydroxylation is 2. The zero-order valence-corrected chi connectivity index (χ0v) is 20.8. The van der Waals surface area contributed by atoms with Crippen LogP contribution in [0.5, 0.6) is 0 Å². The molecule has 0 aliphatic rings. The minimum atomic E-state index is -4.54. The maximum atomic E-state index is 13.9. The summed E-state index contributed by atoms with van der Waals surface area (Å²) in [6.07, 6.45) is 0. The maximum absolute atomic E-state index is 13.9. The molecule has 0 spiro atoms. The highest BCUT2D eigenvalue weighted by molar-refractivity contribution is 7.93. The second kappa shape index (κ2) is 10.2. The number of nitro groups is 1. The third-order valence-corrected chi connectivity index (χ3v) is 7.44. The molecule has 0 fully saturated rings. The zero-order chi connectivity index (χ0) is 26.7. The summed E-state index contributed by atoms with van der Waals surface area (Å²) in [6.45, 7) is 3.61. The minimum absolute atomic E-state index is 0.0674. The Kier molecular flexibility index (Phi) is 6.99. The van der Waals surface area contributed by atoms with E-state index >= 15 is 0 Å². The van der Waals surface area contributed by atoms with Gasteiger partial charge in [-0.15, -0.1) is 0 Å². The van der Waals surface area contributed by atoms with Gasteiger partial charge in [-0.1, -0.05) is 65.7 Å². The average molecular weight is 515 g/mol. The molecule has 4 aromatic carbocycles. The molecule has 4 rings (SSSR count). The molecule has 0 aliphatic heterocycles. The fourth-order valence-corrected chi connectivity index (χ4v) is 5.15. The van der Waals surface area contributed by atoms with E-state index in [0.29, 0.717) is 4.31 Å². The first-order valence-electron chi connectivity index (χ1n) is 11.2. The predicted molar refractivity (Wildman–Crippen MR) is 139 cm³/mol. The van der Waals surface area contributed by atoms with E-state index in [9.17, 15) is 28.1 Å². The molecule has 0 aliphatic carbocycles. The van der Waals surface area contributed by atoms with E-state index in [1.807, 2.05) is 6.92 Å². The molecule has 0 atom stereocenters. The van der Waals surface area contributed by atoms with Gasteiger partial charge in [0.15, 0.2) is 5.78 Å². The fourth-order valence-electron chi connectivity index (χ4n) is 3.72. The van der Waals surface area contributed by atoms with Gasteiger partial charge in [-0.05, 0) is 44.2 Å². The molecule has 4 aromatic rings. The number of anilines is 1. The van der Waals surface area contributed by atoms with Gasteiger partial charge in [-0.2, -0.15) is 4.31 Å². The number of benzene rings is 4. The van der Waals surface area contributed by atoms with Crippen LogP contribution >= 0.6 is 0 Å². The van der Waals surface area contributed by atoms with E-state index in [1.54, 1.807) is 49.4 Å². The third-order valence-electron chi connectivity index (χ3n) is 5.73. The Balaban J connectivity index is 1.99. The van der Waals surface area contributed by atoms with E-state index in [0.717, 1.165) is 29.3 Å². The van der Waals surface area contributed by atoms with E-state index in [4.69, 9.17) is 0 Å². The van der Waals surface area contributed by atoms with Crippen LogP contribution in [0.4, 0.5) is 11.4 Å². The van der Waals surface area contributed by atoms with Crippen LogP contribution in [-0.2, 0) is 10.0 Å². The molecule has 0 saturated carbocycles. The van der Waals surface area contributed by atoms with Crippen molar-refractivity contribution in [2.45, 2.75) is 18.7 Å². The van der Waals surface area contributed by atoms with Crippen molar-refractivity contribution in [1.29, 1.82) is 0 Å². The zero-order valence-electron chi connectivity index (χ0n) is 20.0. The van der Waals surface area contributed by atoms with Crippen LogP contribution in [0.15, 0.2) is 102 Å². The second-order valence-corrected chi connectivity index (χ2v) is 10.2. The Morgan fingerprint density at radius 3 is 1.89 bits per heavy atom. The topological polar surface area (TPSA) is 115 Å². The first-order valence-corrected chi connectivity index (χ1v) is 12.6. The van der Waals surface area contributed by atoms with Crippen molar-refractivity contribution >= 4 is 33.1 Å². The van der Waals surface area contributed by atoms with Gasteiger partial charge < -0.3 is 0 Å². The number of amides is 1. The van der Waals surface area contributed by atoms with E-state index in [1.165, 1.54) is 36.4 Å². The van der Waals surface area contributed by atoms with Crippen molar-refractivity contribution in [3.63, 3.8) is 0 Å². The quantitative estimate of drug-likeness (QED) is 0.183. The molecule has 0 radical (unpaired) electrons. The van der Waals surface area contributed by atoms with Crippen molar-refractivity contribution < 1.29 is 22.9 Å². The van der Waals surface area contributed by atoms with Crippen LogP contribution in [0.2, 0.25) is 0 Å². The number of carbonyl (C=O) groups is 2. The standard InChI is InChI=1S/C28H22N2O6S/c1-19-8-12-22(13-9-19)28(32)29(37(35,36)24-15-10-20(2)11-16-24)26-17-14-23(30(33)34)18-25(26)27(31)21-6-4-3-5-7-21/h3-18H,1-2H3. The first-order chi connectivity index (χ1) is 17.6. The highest BCUT2D eigenvalue weighted by atomic mass is 32.2. The summed E-state index contributed by atoms with van der Waals surface area (Å²) in [5.41, 5.74) is 0.920. The predicted octanol–water partition coefficient (Wildman–Crippen LogP) is 5.48. The van der Waals surface area contributed by atoms with Gasteiger partial charge >= 0.3 is 0 Å². The highest BCUT2D eigenvalue weighted by Crippen LogP contribution is 2.33. The first kappa shape index (κ1) is 25.5. The number of hydrogen-bond acceptors (Lipinski definition) is 6. The normalized spacial score (nSPS) is 11.1. The fraction of sp³-hybridized carbons (Fsp3) is 0.0714. The molecular formula is C28H22N2O6S. The van der Waals surface area contributed by atoms with Gasteiger partial charge in [0.1, 0.15) is 0 Å². The van der Waals surface area contributed by atoms with Crippen LogP contribution in [0.25, 0.3) is 0 Å². The summed E-state index contributed by atoms with van der Waals surface area (Å²) in [5.74, 6) is -1.57. The number of nitrogens with zero attached hydrogens (tertiary/aromatic N) is 2. The van der Waals surface area contributed by atoms with Crippen molar-refractivity contribution in [3.05, 3.63) is 135 Å². The Labute approximate surface area is 214 Å². The smallest absolute Gasteiger partial charge is 0.272 e. The highest BCUT2D eigenvalue weighted by Gasteiger charge is 2.35. The second-order valence-electron chi connectivity index (χ2n) is 8.41. The lowest BCUT2D eigenvalue weighted by Gasteiger charge is -2.25. The maximum Gasteiger partial charge on any atom is 0.272 e. The molecule has 37 heavy (non-hydrogen) atoms. The Morgan fingerprint density at radius 2 is 1.32 bits per heavy atom. The Bertz CT molecular complexity index is 1600. The van der Waals surface area contributed by atoms with Crippen molar-refractivity contribution in [3.8, 4) is 0 Å². The summed E-state index contributed by atoms with van der Waals surface area (Å²) in [7, 11) is -4.54. The van der Waals surface area contributed by atoms with Gasteiger partial charge in [0, 0.05) is 23.3 Å². The van der Waals surface area contributed by atoms with Crippen molar-refractivity contribution in [1.82, 2.24) is 0 Å². The number of nitro benzene ring substituents is 1. The molecule has 1 amide bonds. The van der Waals surface area contributed by atoms with Crippen LogP contribution in [0.3, 0.4) is 0 Å². The van der Waals surface area contributed by atoms with Crippen LogP contribution < -0.4 is 4.31 Å². The summed E-state index contributed by atoms with van der Waals surface area (Å²) >= 11 is 0. The van der Waals surface area contributed by atoms with Gasteiger partial charge in [0.25, 0.3) is 21.6 Å². The molecule has 0 bridgehead atoms. The number of rotatable bonds is 7. The van der Waals surface area contributed by atoms with Crippen molar-refractivity contribution in [2.75, 3.05) is 4.31 Å². The molecule has 0 heterocycles. The van der Waals surface area contributed by atoms with Crippen LogP contribution in [-0.4, -0.2) is 25.0 Å². The Hall–Kier alpha value is -4.63. The van der Waals surface area contributed by atoms with Crippen LogP contribution in [0, 0.1) is 24.0 Å². The number of sulfonamides is 1. The summed E-state index contributed by atoms with van der Waals surface area (Å²) in [5, 5.41) is 11.5.